The van der Waals surface area contributed by atoms with Crippen LogP contribution in [-0.2, 0) is 14.3 Å². The fourth-order valence-corrected chi connectivity index (χ4v) is 1.15. The highest BCUT2D eigenvalue weighted by atomic mass is 16.5. The van der Waals surface area contributed by atoms with Crippen molar-refractivity contribution in [3.8, 4) is 0 Å². The van der Waals surface area contributed by atoms with Gasteiger partial charge in [-0.1, -0.05) is 0 Å². The second kappa shape index (κ2) is 4.04. The molecule has 1 saturated heterocycles. The summed E-state index contributed by atoms with van der Waals surface area (Å²) in [5.74, 6) is 1.52. The van der Waals surface area contributed by atoms with Crippen molar-refractivity contribution in [1.82, 2.24) is 5.32 Å². The van der Waals surface area contributed by atoms with E-state index in [0.717, 1.165) is 0 Å². The summed E-state index contributed by atoms with van der Waals surface area (Å²) in [5.41, 5.74) is 0.417. The predicted molar refractivity (Wildman–Crippen MR) is 42.2 cm³/mol. The largest absolute Gasteiger partial charge is 0.363 e. The van der Waals surface area contributed by atoms with Crippen LogP contribution in [0, 0.1) is 0 Å². The molecule has 4 heteroatoms. The normalized spacial score (nSPS) is 23.2. The molecule has 0 bridgehead atoms. The lowest BCUT2D eigenvalue weighted by atomic mass is 10.0. The molecule has 0 saturated carbocycles. The Balaban J connectivity index is 2.73. The highest BCUT2D eigenvalue weighted by Crippen LogP contribution is 2.12. The minimum Gasteiger partial charge on any atom is -0.363 e. The van der Waals surface area contributed by atoms with Gasteiger partial charge in [-0.05, 0) is 13.3 Å². The molecule has 1 unspecified atom stereocenters. The van der Waals surface area contributed by atoms with Gasteiger partial charge in [-0.3, -0.25) is 4.79 Å². The molecule has 0 radical (unpaired) electrons. The second-order valence-corrected chi connectivity index (χ2v) is 2.50. The Labute approximate surface area is 70.6 Å². The number of hydrogen-bond donors (Lipinski definition) is 1. The van der Waals surface area contributed by atoms with Gasteiger partial charge in [0.1, 0.15) is 5.94 Å². The molecule has 0 aromatic carbocycles. The van der Waals surface area contributed by atoms with Gasteiger partial charge in [-0.2, -0.15) is 0 Å². The smallest absolute Gasteiger partial charge is 0.254 e. The first-order valence-electron chi connectivity index (χ1n) is 3.92. The maximum absolute atomic E-state index is 11.1. The molecule has 66 valence electrons. The van der Waals surface area contributed by atoms with E-state index in [-0.39, 0.29) is 5.91 Å². The lowest BCUT2D eigenvalue weighted by Gasteiger charge is -2.22. The van der Waals surface area contributed by atoms with Gasteiger partial charge in [-0.15, -0.1) is 0 Å². The van der Waals surface area contributed by atoms with Crippen LogP contribution < -0.4 is 5.32 Å². The van der Waals surface area contributed by atoms with Crippen molar-refractivity contribution in [2.24, 2.45) is 0 Å². The maximum atomic E-state index is 11.1. The van der Waals surface area contributed by atoms with Gasteiger partial charge in [0.25, 0.3) is 5.91 Å². The van der Waals surface area contributed by atoms with Crippen molar-refractivity contribution < 1.29 is 14.3 Å². The molecule has 1 rings (SSSR count). The van der Waals surface area contributed by atoms with Crippen molar-refractivity contribution in [1.29, 1.82) is 0 Å². The van der Waals surface area contributed by atoms with Crippen LogP contribution in [0.3, 0.4) is 0 Å². The van der Waals surface area contributed by atoms with E-state index in [1.807, 2.05) is 0 Å². The molecule has 1 heterocycles. The highest BCUT2D eigenvalue weighted by molar-refractivity contribution is 5.87. The molecule has 0 aliphatic carbocycles. The fourth-order valence-electron chi connectivity index (χ4n) is 1.15. The van der Waals surface area contributed by atoms with Crippen molar-refractivity contribution in [3.05, 3.63) is 5.57 Å². The second-order valence-electron chi connectivity index (χ2n) is 2.50. The van der Waals surface area contributed by atoms with E-state index in [1.165, 1.54) is 0 Å². The zero-order valence-electron chi connectivity index (χ0n) is 6.92. The van der Waals surface area contributed by atoms with E-state index < -0.39 is 6.10 Å². The number of ether oxygens (including phenoxy) is 1. The Morgan fingerprint density at radius 2 is 2.50 bits per heavy atom. The van der Waals surface area contributed by atoms with Gasteiger partial charge < -0.3 is 10.1 Å². The van der Waals surface area contributed by atoms with Crippen LogP contribution in [0.15, 0.2) is 5.57 Å². The Kier molecular flexibility index (Phi) is 3.02. The van der Waals surface area contributed by atoms with E-state index in [2.05, 4.69) is 5.32 Å². The molecule has 1 atom stereocenters. The van der Waals surface area contributed by atoms with Gasteiger partial charge in [0.05, 0.1) is 5.57 Å². The standard InChI is InChI=1S/C8H11NO3/c1-2-12-7-6(5-10)3-4-9-8(7)11/h7H,2-4H2,1H3,(H,9,11). The summed E-state index contributed by atoms with van der Waals surface area (Å²) in [6, 6.07) is 0. The monoisotopic (exact) mass is 169 g/mol. The van der Waals surface area contributed by atoms with E-state index in [9.17, 15) is 9.59 Å². The average molecular weight is 169 g/mol. The molecule has 0 aromatic heterocycles. The number of carbonyl (C=O) groups excluding carboxylic acids is 2. The number of piperidine rings is 1. The SMILES string of the molecule is CCOC1C(=O)NCCC1=C=O. The van der Waals surface area contributed by atoms with Gasteiger partial charge in [0, 0.05) is 13.2 Å². The minimum atomic E-state index is -0.707. The van der Waals surface area contributed by atoms with Gasteiger partial charge in [0.2, 0.25) is 0 Å². The Morgan fingerprint density at radius 3 is 3.08 bits per heavy atom. The first-order valence-corrected chi connectivity index (χ1v) is 3.92. The summed E-state index contributed by atoms with van der Waals surface area (Å²) < 4.78 is 5.09. The summed E-state index contributed by atoms with van der Waals surface area (Å²) in [6.45, 7) is 2.71. The van der Waals surface area contributed by atoms with Crippen LogP contribution in [0.2, 0.25) is 0 Å². The Morgan fingerprint density at radius 1 is 1.75 bits per heavy atom. The zero-order chi connectivity index (χ0) is 8.97. The summed E-state index contributed by atoms with van der Waals surface area (Å²) in [7, 11) is 0. The van der Waals surface area contributed by atoms with Crippen molar-refractivity contribution in [3.63, 3.8) is 0 Å². The van der Waals surface area contributed by atoms with Crippen molar-refractivity contribution in [2.45, 2.75) is 19.4 Å². The van der Waals surface area contributed by atoms with Gasteiger partial charge in [-0.25, -0.2) is 4.79 Å². The number of carbonyl (C=O) groups is 1. The third-order valence-electron chi connectivity index (χ3n) is 1.71. The van der Waals surface area contributed by atoms with Crippen LogP contribution in [0.5, 0.6) is 0 Å². The number of nitrogens with one attached hydrogen (secondary N) is 1. The van der Waals surface area contributed by atoms with E-state index in [0.29, 0.717) is 25.1 Å². The third-order valence-corrected chi connectivity index (χ3v) is 1.71. The molecule has 1 amide bonds. The average Bonchev–Trinajstić information content (AvgIpc) is 2.09. The summed E-state index contributed by atoms with van der Waals surface area (Å²) in [4.78, 5) is 21.5. The van der Waals surface area contributed by atoms with E-state index in [1.54, 1.807) is 12.9 Å². The summed E-state index contributed by atoms with van der Waals surface area (Å²) >= 11 is 0. The third kappa shape index (κ3) is 1.72. The first-order chi connectivity index (χ1) is 5.79. The lowest BCUT2D eigenvalue weighted by Crippen LogP contribution is -2.43. The van der Waals surface area contributed by atoms with Crippen molar-refractivity contribution in [2.75, 3.05) is 13.2 Å². The van der Waals surface area contributed by atoms with Crippen LogP contribution in [0.25, 0.3) is 0 Å². The summed E-state index contributed by atoms with van der Waals surface area (Å²) in [5, 5.41) is 2.62. The van der Waals surface area contributed by atoms with Crippen LogP contribution in [-0.4, -0.2) is 31.1 Å². The number of rotatable bonds is 2. The minimum absolute atomic E-state index is 0.235. The van der Waals surface area contributed by atoms with E-state index >= 15 is 0 Å². The van der Waals surface area contributed by atoms with Crippen LogP contribution in [0.4, 0.5) is 0 Å². The molecule has 1 aliphatic heterocycles. The quantitative estimate of drug-likeness (QED) is 0.576. The van der Waals surface area contributed by atoms with Crippen molar-refractivity contribution >= 4 is 11.8 Å². The van der Waals surface area contributed by atoms with Gasteiger partial charge >= 0.3 is 0 Å². The van der Waals surface area contributed by atoms with Gasteiger partial charge in [0.15, 0.2) is 6.10 Å². The lowest BCUT2D eigenvalue weighted by molar-refractivity contribution is -0.131. The molecule has 12 heavy (non-hydrogen) atoms. The maximum Gasteiger partial charge on any atom is 0.254 e. The molecule has 1 fully saturated rings. The molecule has 0 aromatic rings. The number of amides is 1. The highest BCUT2D eigenvalue weighted by Gasteiger charge is 2.27. The van der Waals surface area contributed by atoms with Crippen LogP contribution >= 0.6 is 0 Å². The Hall–Kier alpha value is -1.12. The topological polar surface area (TPSA) is 55.4 Å². The predicted octanol–water partition coefficient (Wildman–Crippen LogP) is -0.331. The molecular weight excluding hydrogens is 158 g/mol. The molecule has 0 spiro atoms. The molecular formula is C8H11NO3. The Bertz CT molecular complexity index is 230. The number of hydrogen-bond acceptors (Lipinski definition) is 3. The molecule has 4 nitrogen and oxygen atoms in total. The molecule has 1 N–H and O–H groups in total. The first kappa shape index (κ1) is 8.97. The zero-order valence-corrected chi connectivity index (χ0v) is 6.92. The van der Waals surface area contributed by atoms with E-state index in [4.69, 9.17) is 4.74 Å². The molecule has 1 aliphatic rings. The summed E-state index contributed by atoms with van der Waals surface area (Å²) in [6.07, 6.45) is -0.166. The fraction of sp³-hybridized carbons (Fsp3) is 0.625. The van der Waals surface area contributed by atoms with Crippen LogP contribution in [0.1, 0.15) is 13.3 Å².